The number of esters is 1. The summed E-state index contributed by atoms with van der Waals surface area (Å²) in [4.78, 5) is 37.1. The van der Waals surface area contributed by atoms with Gasteiger partial charge in [0.15, 0.2) is 0 Å². The normalized spacial score (nSPS) is 16.9. The number of aromatic hydroxyl groups is 1. The molecule has 0 aliphatic carbocycles. The van der Waals surface area contributed by atoms with Crippen molar-refractivity contribution in [3.8, 4) is 11.5 Å². The summed E-state index contributed by atoms with van der Waals surface area (Å²) in [6.07, 6.45) is 1.65. The topological polar surface area (TPSA) is 201 Å². The molecule has 16 heteroatoms. The highest BCUT2D eigenvalue weighted by atomic mass is 79.9. The lowest BCUT2D eigenvalue weighted by Crippen LogP contribution is -2.48. The summed E-state index contributed by atoms with van der Waals surface area (Å²) < 4.78 is 62.5. The first-order valence-corrected chi connectivity index (χ1v) is 18.4. The molecule has 0 saturated carbocycles. The van der Waals surface area contributed by atoms with Crippen molar-refractivity contribution in [1.29, 1.82) is 0 Å². The molecule has 1 fully saturated rings. The summed E-state index contributed by atoms with van der Waals surface area (Å²) in [5, 5.41) is 11.9. The number of rotatable bonds is 15. The number of hydrogen-bond donors (Lipinski definition) is 6. The number of unbranched alkanes of at least 4 members (excludes halogenated alkanes) is 2. The number of methoxy groups -OCH3 is 1. The van der Waals surface area contributed by atoms with Gasteiger partial charge < -0.3 is 19.9 Å². The fourth-order valence-corrected chi connectivity index (χ4v) is 8.53. The molecule has 2 unspecified atom stereocenters. The van der Waals surface area contributed by atoms with Crippen molar-refractivity contribution >= 4 is 54.5 Å². The van der Waals surface area contributed by atoms with E-state index in [2.05, 4.69) is 30.7 Å². The van der Waals surface area contributed by atoms with Crippen LogP contribution in [0.5, 0.6) is 11.5 Å². The molecular weight excluding hydrogens is 718 g/mol. The highest BCUT2D eigenvalue weighted by Gasteiger charge is 2.39. The summed E-state index contributed by atoms with van der Waals surface area (Å²) in [7, 11) is -6.23. The van der Waals surface area contributed by atoms with Crippen LogP contribution in [0.25, 0.3) is 0 Å². The van der Waals surface area contributed by atoms with Crippen LogP contribution < -0.4 is 19.5 Å². The van der Waals surface area contributed by atoms with Gasteiger partial charge in [-0.25, -0.2) is 13.2 Å². The standard InChI is InChI=1S/C31H36BrN3O10S2/c1-44-31(39)29-25(36)11-8-12-26(29)45-16-7-3-6-15-33-30(38)24(34-46(40,41)21-9-4-2-5-10-21)18-20-13-14-22(23(32)17-20)27-19-28(37)35-47(27,42)43/h2,4-5,8-14,17,24,27,34,36,42-43H,3,6-7,15-16,18-19H2,1H3,(H,33,38)(H,35,37). The SMILES string of the molecule is COC(=O)c1c(O)cccc1OCCCCCNC(=O)C(Cc1ccc(C2CC(=O)NS2(O)O)c(Br)c1)NS(=O)(=O)c1ccccc1. The van der Waals surface area contributed by atoms with E-state index in [-0.39, 0.29) is 48.0 Å². The lowest BCUT2D eigenvalue weighted by Gasteiger charge is -2.33. The molecule has 47 heavy (non-hydrogen) atoms. The molecule has 1 aliphatic heterocycles. The second-order valence-electron chi connectivity index (χ2n) is 10.7. The van der Waals surface area contributed by atoms with E-state index in [1.54, 1.807) is 48.5 Å². The summed E-state index contributed by atoms with van der Waals surface area (Å²) in [6, 6.07) is 15.9. The van der Waals surface area contributed by atoms with Crippen molar-refractivity contribution in [2.24, 2.45) is 0 Å². The molecule has 0 aromatic heterocycles. The predicted molar refractivity (Wildman–Crippen MR) is 179 cm³/mol. The van der Waals surface area contributed by atoms with Crippen molar-refractivity contribution in [1.82, 2.24) is 14.8 Å². The Morgan fingerprint density at radius 2 is 1.81 bits per heavy atom. The number of phenolic OH excluding ortho intramolecular Hbond substituents is 1. The van der Waals surface area contributed by atoms with Crippen LogP contribution in [0.2, 0.25) is 0 Å². The molecule has 13 nitrogen and oxygen atoms in total. The highest BCUT2D eigenvalue weighted by Crippen LogP contribution is 2.57. The number of ether oxygens (including phenoxy) is 2. The van der Waals surface area contributed by atoms with Gasteiger partial charge >= 0.3 is 5.97 Å². The van der Waals surface area contributed by atoms with Crippen LogP contribution in [0, 0.1) is 0 Å². The van der Waals surface area contributed by atoms with Gasteiger partial charge in [0.1, 0.15) is 28.4 Å². The molecule has 6 N–H and O–H groups in total. The Morgan fingerprint density at radius 1 is 1.06 bits per heavy atom. The van der Waals surface area contributed by atoms with Crippen LogP contribution >= 0.6 is 26.7 Å². The molecule has 0 bridgehead atoms. The van der Waals surface area contributed by atoms with Crippen LogP contribution in [-0.4, -0.2) is 66.7 Å². The van der Waals surface area contributed by atoms with Crippen LogP contribution in [-0.2, 0) is 30.8 Å². The Kier molecular flexibility index (Phi) is 12.3. The zero-order chi connectivity index (χ0) is 34.2. The van der Waals surface area contributed by atoms with Crippen LogP contribution in [0.1, 0.15) is 52.4 Å². The first-order chi connectivity index (χ1) is 22.3. The molecule has 1 saturated heterocycles. The molecule has 3 aromatic rings. The zero-order valence-electron chi connectivity index (χ0n) is 25.3. The Morgan fingerprint density at radius 3 is 2.47 bits per heavy atom. The largest absolute Gasteiger partial charge is 0.507 e. The van der Waals surface area contributed by atoms with Gasteiger partial charge in [-0.15, -0.1) is 10.8 Å². The Labute approximate surface area is 282 Å². The molecule has 2 atom stereocenters. The van der Waals surface area contributed by atoms with E-state index >= 15 is 0 Å². The van der Waals surface area contributed by atoms with Gasteiger partial charge in [-0.05, 0) is 67.1 Å². The van der Waals surface area contributed by atoms with Crippen molar-refractivity contribution in [2.45, 2.75) is 48.3 Å². The average molecular weight is 755 g/mol. The van der Waals surface area contributed by atoms with Gasteiger partial charge in [0.25, 0.3) is 0 Å². The minimum absolute atomic E-state index is 0.0000252. The van der Waals surface area contributed by atoms with E-state index in [9.17, 15) is 37.0 Å². The maximum Gasteiger partial charge on any atom is 0.345 e. The molecule has 0 spiro atoms. The Bertz CT molecular complexity index is 1710. The summed E-state index contributed by atoms with van der Waals surface area (Å²) in [5.74, 6) is -1.79. The van der Waals surface area contributed by atoms with Crippen molar-refractivity contribution in [3.63, 3.8) is 0 Å². The lowest BCUT2D eigenvalue weighted by molar-refractivity contribution is -0.122. The average Bonchev–Trinajstić information content (AvgIpc) is 3.31. The van der Waals surface area contributed by atoms with Crippen molar-refractivity contribution in [3.05, 3.63) is 87.9 Å². The van der Waals surface area contributed by atoms with Gasteiger partial charge in [-0.3, -0.25) is 23.4 Å². The second kappa shape index (κ2) is 16.0. The molecule has 0 radical (unpaired) electrons. The maximum atomic E-state index is 13.3. The summed E-state index contributed by atoms with van der Waals surface area (Å²) in [6.45, 7) is 0.497. The lowest BCUT2D eigenvalue weighted by atomic mass is 10.0. The zero-order valence-corrected chi connectivity index (χ0v) is 28.6. The maximum absolute atomic E-state index is 13.3. The fraction of sp³-hybridized carbons (Fsp3) is 0.323. The molecule has 3 aromatic carbocycles. The van der Waals surface area contributed by atoms with Crippen LogP contribution in [0.3, 0.4) is 0 Å². The number of carbonyl (C=O) groups excluding carboxylic acids is 3. The van der Waals surface area contributed by atoms with E-state index in [1.165, 1.54) is 25.3 Å². The number of sulfonamides is 1. The van der Waals surface area contributed by atoms with Gasteiger partial charge in [0, 0.05) is 11.0 Å². The molecule has 254 valence electrons. The third kappa shape index (κ3) is 9.46. The molecule has 2 amide bonds. The van der Waals surface area contributed by atoms with Crippen LogP contribution in [0.15, 0.2) is 76.1 Å². The minimum Gasteiger partial charge on any atom is -0.507 e. The van der Waals surface area contributed by atoms with E-state index in [0.29, 0.717) is 34.9 Å². The molecular formula is C31H36BrN3O10S2. The smallest absolute Gasteiger partial charge is 0.345 e. The van der Waals surface area contributed by atoms with E-state index in [0.717, 1.165) is 0 Å². The number of hydrogen-bond acceptors (Lipinski definition) is 10. The third-order valence-electron chi connectivity index (χ3n) is 7.32. The van der Waals surface area contributed by atoms with E-state index < -0.39 is 49.9 Å². The van der Waals surface area contributed by atoms with Gasteiger partial charge in [0.05, 0.1) is 25.0 Å². The third-order valence-corrected chi connectivity index (χ3v) is 11.2. The second-order valence-corrected chi connectivity index (χ2v) is 15.2. The van der Waals surface area contributed by atoms with Crippen molar-refractivity contribution < 1.29 is 46.5 Å². The molecule has 1 aliphatic rings. The Hall–Kier alpha value is -3.67. The van der Waals surface area contributed by atoms with Crippen molar-refractivity contribution in [2.75, 3.05) is 20.3 Å². The number of halogens is 1. The Balaban J connectivity index is 1.37. The fourth-order valence-electron chi connectivity index (χ4n) is 4.96. The predicted octanol–water partition coefficient (Wildman–Crippen LogP) is 4.42. The number of benzene rings is 3. The van der Waals surface area contributed by atoms with Gasteiger partial charge in [-0.2, -0.15) is 4.72 Å². The minimum atomic E-state index is -4.06. The first kappa shape index (κ1) is 36.2. The molecule has 1 heterocycles. The number of carbonyl (C=O) groups is 3. The van der Waals surface area contributed by atoms with E-state index in [1.807, 2.05) is 0 Å². The van der Waals surface area contributed by atoms with E-state index in [4.69, 9.17) is 9.47 Å². The number of phenols is 1. The number of nitrogens with one attached hydrogen (secondary N) is 3. The van der Waals surface area contributed by atoms with Crippen LogP contribution in [0.4, 0.5) is 0 Å². The quantitative estimate of drug-likeness (QED) is 0.0954. The van der Waals surface area contributed by atoms with Gasteiger partial charge in [-0.1, -0.05) is 52.3 Å². The summed E-state index contributed by atoms with van der Waals surface area (Å²) in [5.41, 5.74) is 1.02. The number of amides is 2. The van der Waals surface area contributed by atoms with Gasteiger partial charge in [0.2, 0.25) is 21.8 Å². The summed E-state index contributed by atoms with van der Waals surface area (Å²) >= 11 is 3.43. The highest BCUT2D eigenvalue weighted by molar-refractivity contribution is 9.10. The monoisotopic (exact) mass is 753 g/mol. The molecule has 4 rings (SSSR count). The first-order valence-electron chi connectivity index (χ1n) is 14.6.